The summed E-state index contributed by atoms with van der Waals surface area (Å²) in [6, 6.07) is 8.67. The van der Waals surface area contributed by atoms with Crippen molar-refractivity contribution in [2.24, 2.45) is 0 Å². The number of ether oxygens (including phenoxy) is 2. The molecule has 7 nitrogen and oxygen atoms in total. The molecule has 1 N–H and O–H groups in total. The van der Waals surface area contributed by atoms with E-state index in [-0.39, 0.29) is 4.91 Å². The van der Waals surface area contributed by atoms with Gasteiger partial charge >= 0.3 is 0 Å². The molecule has 0 radical (unpaired) electrons. The van der Waals surface area contributed by atoms with Gasteiger partial charge in [-0.1, -0.05) is 17.7 Å². The molecule has 3 rings (SSSR count). The summed E-state index contributed by atoms with van der Waals surface area (Å²) in [4.78, 5) is 38.8. The number of imide groups is 1. The summed E-state index contributed by atoms with van der Waals surface area (Å²) in [5, 5.41) is 2.66. The number of benzene rings is 2. The van der Waals surface area contributed by atoms with Crippen LogP contribution >= 0.6 is 46.0 Å². The van der Waals surface area contributed by atoms with E-state index in [2.05, 4.69) is 27.9 Å². The number of rotatable bonds is 7. The first-order valence-corrected chi connectivity index (χ1v) is 11.8. The maximum Gasteiger partial charge on any atom is 0.294 e. The Morgan fingerprint density at radius 1 is 1.28 bits per heavy atom. The number of anilines is 1. The molecule has 0 saturated carbocycles. The molecule has 0 aromatic heterocycles. The minimum Gasteiger partial charge on any atom is -0.492 e. The van der Waals surface area contributed by atoms with Crippen LogP contribution in [0.4, 0.5) is 10.5 Å². The van der Waals surface area contributed by atoms with Crippen molar-refractivity contribution in [3.63, 3.8) is 0 Å². The van der Waals surface area contributed by atoms with Crippen molar-refractivity contribution >= 4 is 74.8 Å². The highest BCUT2D eigenvalue weighted by molar-refractivity contribution is 14.1. The average Bonchev–Trinajstić information content (AvgIpc) is 2.98. The first-order valence-electron chi connectivity index (χ1n) is 9.55. The Morgan fingerprint density at radius 2 is 2.03 bits per heavy atom. The van der Waals surface area contributed by atoms with Gasteiger partial charge in [-0.15, -0.1) is 0 Å². The van der Waals surface area contributed by atoms with E-state index in [0.29, 0.717) is 34.4 Å². The second-order valence-electron chi connectivity index (χ2n) is 6.74. The standard InChI is InChI=1S/C22H20ClIN2O5S/c1-4-31-17-8-13(7-15(24)20(17)30-3)9-18-21(28)26(22(29)32-18)11-19(27)25-16-10-14(23)6-5-12(16)2/h5-10H,4,11H2,1-3H3,(H,25,27)/b18-9+. The van der Waals surface area contributed by atoms with Crippen molar-refractivity contribution in [2.75, 3.05) is 25.6 Å². The highest BCUT2D eigenvalue weighted by Crippen LogP contribution is 2.37. The molecule has 0 spiro atoms. The van der Waals surface area contributed by atoms with Crippen LogP contribution in [-0.4, -0.2) is 42.2 Å². The van der Waals surface area contributed by atoms with Crippen molar-refractivity contribution in [3.05, 3.63) is 55.0 Å². The molecule has 1 saturated heterocycles. The minimum absolute atomic E-state index is 0.227. The van der Waals surface area contributed by atoms with Crippen molar-refractivity contribution in [1.82, 2.24) is 4.90 Å². The lowest BCUT2D eigenvalue weighted by atomic mass is 10.2. The summed E-state index contributed by atoms with van der Waals surface area (Å²) < 4.78 is 11.8. The lowest BCUT2D eigenvalue weighted by Crippen LogP contribution is -2.36. The molecule has 1 fully saturated rings. The Kier molecular flexibility index (Phi) is 8.07. The van der Waals surface area contributed by atoms with Crippen LogP contribution in [0.25, 0.3) is 6.08 Å². The van der Waals surface area contributed by atoms with Gasteiger partial charge in [-0.25, -0.2) is 0 Å². The molecular weight excluding hydrogens is 567 g/mol. The maximum atomic E-state index is 12.8. The fraction of sp³-hybridized carbons (Fsp3) is 0.227. The van der Waals surface area contributed by atoms with Crippen LogP contribution in [0.3, 0.4) is 0 Å². The Labute approximate surface area is 208 Å². The number of amides is 3. The molecule has 32 heavy (non-hydrogen) atoms. The third-order valence-corrected chi connectivity index (χ3v) is 6.43. The summed E-state index contributed by atoms with van der Waals surface area (Å²) in [5.74, 6) is 0.132. The number of thioether (sulfide) groups is 1. The number of nitrogens with one attached hydrogen (secondary N) is 1. The van der Waals surface area contributed by atoms with Gasteiger partial charge in [-0.3, -0.25) is 19.3 Å². The Hall–Kier alpha value is -2.24. The van der Waals surface area contributed by atoms with E-state index in [1.54, 1.807) is 37.5 Å². The normalized spacial score (nSPS) is 14.8. The highest BCUT2D eigenvalue weighted by atomic mass is 127. The fourth-order valence-corrected chi connectivity index (χ4v) is 4.84. The van der Waals surface area contributed by atoms with Crippen LogP contribution in [0, 0.1) is 10.5 Å². The molecular formula is C22H20ClIN2O5S. The zero-order valence-corrected chi connectivity index (χ0v) is 21.3. The largest absolute Gasteiger partial charge is 0.492 e. The van der Waals surface area contributed by atoms with Gasteiger partial charge in [0.15, 0.2) is 11.5 Å². The maximum absolute atomic E-state index is 12.8. The quantitative estimate of drug-likeness (QED) is 0.349. The summed E-state index contributed by atoms with van der Waals surface area (Å²) in [7, 11) is 1.56. The molecule has 1 aliphatic heterocycles. The third kappa shape index (κ3) is 5.57. The second kappa shape index (κ2) is 10.6. The highest BCUT2D eigenvalue weighted by Gasteiger charge is 2.36. The summed E-state index contributed by atoms with van der Waals surface area (Å²) in [5.41, 5.74) is 2.03. The zero-order valence-electron chi connectivity index (χ0n) is 17.5. The van der Waals surface area contributed by atoms with Gasteiger partial charge in [-0.2, -0.15) is 0 Å². The van der Waals surface area contributed by atoms with Gasteiger partial charge < -0.3 is 14.8 Å². The Balaban J connectivity index is 1.77. The van der Waals surface area contributed by atoms with Crippen LogP contribution in [-0.2, 0) is 9.59 Å². The number of aryl methyl sites for hydroxylation is 1. The van der Waals surface area contributed by atoms with Crippen molar-refractivity contribution < 1.29 is 23.9 Å². The van der Waals surface area contributed by atoms with E-state index in [1.165, 1.54) is 0 Å². The van der Waals surface area contributed by atoms with E-state index in [0.717, 1.165) is 25.8 Å². The van der Waals surface area contributed by atoms with Crippen LogP contribution in [0.15, 0.2) is 35.2 Å². The van der Waals surface area contributed by atoms with Crippen LogP contribution in [0.5, 0.6) is 11.5 Å². The summed E-state index contributed by atoms with van der Waals surface area (Å²) in [6.45, 7) is 3.74. The molecule has 0 unspecified atom stereocenters. The van der Waals surface area contributed by atoms with Gasteiger partial charge in [0.25, 0.3) is 11.1 Å². The lowest BCUT2D eigenvalue weighted by Gasteiger charge is -2.14. The fourth-order valence-electron chi connectivity index (χ4n) is 2.98. The molecule has 10 heteroatoms. The summed E-state index contributed by atoms with van der Waals surface area (Å²) >= 11 is 8.88. The van der Waals surface area contributed by atoms with E-state index < -0.39 is 23.6 Å². The molecule has 1 aliphatic rings. The number of nitrogens with zero attached hydrogens (tertiary/aromatic N) is 1. The first kappa shape index (κ1) is 24.4. The molecule has 0 bridgehead atoms. The summed E-state index contributed by atoms with van der Waals surface area (Å²) in [6.07, 6.45) is 1.61. The monoisotopic (exact) mass is 586 g/mol. The SMILES string of the molecule is CCOc1cc(/C=C2/SC(=O)N(CC(=O)Nc3cc(Cl)ccc3C)C2=O)cc(I)c1OC. The van der Waals surface area contributed by atoms with Crippen LogP contribution in [0.1, 0.15) is 18.1 Å². The molecule has 1 heterocycles. The molecule has 2 aromatic rings. The number of halogens is 2. The van der Waals surface area contributed by atoms with E-state index >= 15 is 0 Å². The van der Waals surface area contributed by atoms with Crippen molar-refractivity contribution in [2.45, 2.75) is 13.8 Å². The van der Waals surface area contributed by atoms with E-state index in [4.69, 9.17) is 21.1 Å². The predicted octanol–water partition coefficient (Wildman–Crippen LogP) is 5.34. The van der Waals surface area contributed by atoms with Gasteiger partial charge in [0, 0.05) is 10.7 Å². The van der Waals surface area contributed by atoms with Crippen molar-refractivity contribution in [3.8, 4) is 11.5 Å². The van der Waals surface area contributed by atoms with Crippen molar-refractivity contribution in [1.29, 1.82) is 0 Å². The van der Waals surface area contributed by atoms with Gasteiger partial charge in [-0.05, 0) is 89.7 Å². The average molecular weight is 587 g/mol. The van der Waals surface area contributed by atoms with Gasteiger partial charge in [0.2, 0.25) is 5.91 Å². The number of carbonyl (C=O) groups is 3. The number of carbonyl (C=O) groups excluding carboxylic acids is 3. The molecule has 2 aromatic carbocycles. The number of methoxy groups -OCH3 is 1. The second-order valence-corrected chi connectivity index (χ2v) is 9.33. The number of hydrogen-bond acceptors (Lipinski definition) is 6. The third-order valence-electron chi connectivity index (χ3n) is 4.48. The zero-order chi connectivity index (χ0) is 23.4. The van der Waals surface area contributed by atoms with E-state index in [1.807, 2.05) is 19.9 Å². The lowest BCUT2D eigenvalue weighted by molar-refractivity contribution is -0.127. The Morgan fingerprint density at radius 3 is 2.72 bits per heavy atom. The molecule has 168 valence electrons. The van der Waals surface area contributed by atoms with Gasteiger partial charge in [0.05, 0.1) is 22.2 Å². The molecule has 3 amide bonds. The first-order chi connectivity index (χ1) is 15.2. The Bertz CT molecular complexity index is 1120. The van der Waals surface area contributed by atoms with E-state index in [9.17, 15) is 14.4 Å². The minimum atomic E-state index is -0.526. The number of hydrogen-bond donors (Lipinski definition) is 1. The topological polar surface area (TPSA) is 84.9 Å². The van der Waals surface area contributed by atoms with Crippen LogP contribution in [0.2, 0.25) is 5.02 Å². The predicted molar refractivity (Wildman–Crippen MR) is 134 cm³/mol. The van der Waals surface area contributed by atoms with Crippen LogP contribution < -0.4 is 14.8 Å². The molecule has 0 aliphatic carbocycles. The molecule has 0 atom stereocenters. The van der Waals surface area contributed by atoms with Gasteiger partial charge in [0.1, 0.15) is 6.54 Å². The smallest absolute Gasteiger partial charge is 0.294 e.